The van der Waals surface area contributed by atoms with E-state index in [0.717, 1.165) is 45.6 Å². The van der Waals surface area contributed by atoms with Crippen molar-refractivity contribution in [2.24, 2.45) is 0 Å². The topological polar surface area (TPSA) is 104 Å². The molecule has 3 heterocycles. The highest BCUT2D eigenvalue weighted by atomic mass is 32.1. The Morgan fingerprint density at radius 2 is 1.71 bits per heavy atom. The molecule has 4 aromatic rings. The van der Waals surface area contributed by atoms with Crippen LogP contribution in [-0.2, 0) is 0 Å². The quantitative estimate of drug-likeness (QED) is 0.310. The van der Waals surface area contributed by atoms with Crippen LogP contribution in [0, 0.1) is 6.92 Å². The number of nitrogens with two attached hydrogens (primary N) is 1. The second-order valence-electron chi connectivity index (χ2n) is 9.86. The number of aryl methyl sites for hydroxylation is 1. The first-order valence-electron chi connectivity index (χ1n) is 12.7. The van der Waals surface area contributed by atoms with E-state index in [0.29, 0.717) is 36.2 Å². The third kappa shape index (κ3) is 5.34. The van der Waals surface area contributed by atoms with Crippen molar-refractivity contribution in [3.05, 3.63) is 71.2 Å². The monoisotopic (exact) mass is 528 g/mol. The number of amides is 3. The summed E-state index contributed by atoms with van der Waals surface area (Å²) in [5.74, 6) is 0.399. The smallest absolute Gasteiger partial charge is 0.323 e. The van der Waals surface area contributed by atoms with Gasteiger partial charge in [-0.15, -0.1) is 11.3 Å². The minimum absolute atomic E-state index is 0.00141. The van der Waals surface area contributed by atoms with Gasteiger partial charge in [-0.2, -0.15) is 0 Å². The summed E-state index contributed by atoms with van der Waals surface area (Å²) in [6.45, 7) is 9.48. The number of pyridine rings is 1. The fourth-order valence-electron chi connectivity index (χ4n) is 4.79. The van der Waals surface area contributed by atoms with Gasteiger partial charge in [0.25, 0.3) is 5.91 Å². The van der Waals surface area contributed by atoms with Crippen molar-refractivity contribution >= 4 is 50.6 Å². The van der Waals surface area contributed by atoms with E-state index >= 15 is 0 Å². The number of nitrogens with one attached hydrogen (secondary N) is 2. The van der Waals surface area contributed by atoms with Gasteiger partial charge in [-0.25, -0.2) is 9.78 Å². The standard InChI is InChI=1S/C29H32N6O2S/c1-18(2)34-11-13-35(14-12-34)28(36)23-16-31-27(30)25-24(17-38-26(23)25)20-7-9-21(10-8-20)32-29(37)33-22-6-4-5-19(3)15-22/h4-10,15-18H,11-14H2,1-3H3,(H2,30,31)(H2,32,33,37). The van der Waals surface area contributed by atoms with Crippen LogP contribution >= 0.6 is 11.3 Å². The van der Waals surface area contributed by atoms with Crippen molar-refractivity contribution in [2.75, 3.05) is 42.5 Å². The Balaban J connectivity index is 1.33. The fraction of sp³-hybridized carbons (Fsp3) is 0.276. The van der Waals surface area contributed by atoms with Crippen LogP contribution in [0.1, 0.15) is 29.8 Å². The number of carbonyl (C=O) groups excluding carboxylic acids is 2. The van der Waals surface area contributed by atoms with Crippen LogP contribution in [0.4, 0.5) is 22.0 Å². The highest BCUT2D eigenvalue weighted by molar-refractivity contribution is 7.18. The third-order valence-corrected chi connectivity index (χ3v) is 7.93. The van der Waals surface area contributed by atoms with Crippen LogP contribution in [0.25, 0.3) is 21.2 Å². The van der Waals surface area contributed by atoms with Gasteiger partial charge in [0.2, 0.25) is 0 Å². The lowest BCUT2D eigenvalue weighted by atomic mass is 10.0. The number of nitrogen functional groups attached to an aromatic ring is 1. The summed E-state index contributed by atoms with van der Waals surface area (Å²) >= 11 is 1.51. The van der Waals surface area contributed by atoms with E-state index in [4.69, 9.17) is 5.73 Å². The predicted molar refractivity (Wildman–Crippen MR) is 156 cm³/mol. The molecule has 1 aliphatic heterocycles. The van der Waals surface area contributed by atoms with E-state index < -0.39 is 0 Å². The summed E-state index contributed by atoms with van der Waals surface area (Å²) < 4.78 is 0.850. The zero-order valence-electron chi connectivity index (χ0n) is 21.8. The summed E-state index contributed by atoms with van der Waals surface area (Å²) in [5, 5.41) is 8.52. The molecule has 2 aromatic carbocycles. The molecule has 196 valence electrons. The lowest BCUT2D eigenvalue weighted by Gasteiger charge is -2.37. The van der Waals surface area contributed by atoms with Crippen LogP contribution < -0.4 is 16.4 Å². The molecule has 1 aliphatic rings. The van der Waals surface area contributed by atoms with Crippen LogP contribution in [0.3, 0.4) is 0 Å². The average Bonchev–Trinajstić information content (AvgIpc) is 3.35. The number of nitrogens with zero attached hydrogens (tertiary/aromatic N) is 3. The first-order valence-corrected chi connectivity index (χ1v) is 13.6. The van der Waals surface area contributed by atoms with Gasteiger partial charge in [0.1, 0.15) is 5.82 Å². The number of anilines is 3. The molecule has 0 unspecified atom stereocenters. The number of piperazine rings is 1. The molecule has 2 aromatic heterocycles. The number of aromatic nitrogens is 1. The molecule has 9 heteroatoms. The van der Waals surface area contributed by atoms with Crippen molar-refractivity contribution in [3.63, 3.8) is 0 Å². The second-order valence-corrected chi connectivity index (χ2v) is 10.7. The molecule has 1 saturated heterocycles. The molecule has 1 fully saturated rings. The Morgan fingerprint density at radius 3 is 2.39 bits per heavy atom. The zero-order valence-corrected chi connectivity index (χ0v) is 22.6. The number of hydrogen-bond donors (Lipinski definition) is 3. The highest BCUT2D eigenvalue weighted by Crippen LogP contribution is 2.39. The van der Waals surface area contributed by atoms with Crippen molar-refractivity contribution in [1.82, 2.24) is 14.8 Å². The van der Waals surface area contributed by atoms with E-state index in [1.165, 1.54) is 11.3 Å². The average molecular weight is 529 g/mol. The highest BCUT2D eigenvalue weighted by Gasteiger charge is 2.26. The van der Waals surface area contributed by atoms with Crippen molar-refractivity contribution in [3.8, 4) is 11.1 Å². The molecule has 0 radical (unpaired) electrons. The van der Waals surface area contributed by atoms with Gasteiger partial charge in [-0.05, 0) is 61.5 Å². The molecule has 0 aliphatic carbocycles. The molecule has 0 saturated carbocycles. The van der Waals surface area contributed by atoms with Gasteiger partial charge in [0.05, 0.1) is 10.3 Å². The fourth-order valence-corrected chi connectivity index (χ4v) is 5.88. The molecule has 5 rings (SSSR count). The molecular weight excluding hydrogens is 496 g/mol. The van der Waals surface area contributed by atoms with Gasteiger partial charge in [-0.1, -0.05) is 24.3 Å². The Bertz CT molecular complexity index is 1470. The number of fused-ring (bicyclic) bond motifs is 1. The van der Waals surface area contributed by atoms with Crippen LogP contribution in [-0.4, -0.2) is 58.9 Å². The number of carbonyl (C=O) groups is 2. The van der Waals surface area contributed by atoms with Gasteiger partial charge < -0.3 is 21.3 Å². The first-order chi connectivity index (χ1) is 18.3. The Labute approximate surface area is 226 Å². The summed E-state index contributed by atoms with van der Waals surface area (Å²) in [6.07, 6.45) is 1.61. The van der Waals surface area contributed by atoms with E-state index in [1.807, 2.05) is 65.7 Å². The summed E-state index contributed by atoms with van der Waals surface area (Å²) in [5.41, 5.74) is 11.2. The number of benzene rings is 2. The molecular formula is C29H32N6O2S. The van der Waals surface area contributed by atoms with Crippen LogP contribution in [0.5, 0.6) is 0 Å². The van der Waals surface area contributed by atoms with Crippen molar-refractivity contribution in [1.29, 1.82) is 0 Å². The second kappa shape index (κ2) is 10.8. The Kier molecular flexibility index (Phi) is 7.31. The minimum atomic E-state index is -0.310. The third-order valence-electron chi connectivity index (χ3n) is 6.92. The SMILES string of the molecule is Cc1cccc(NC(=O)Nc2ccc(-c3csc4c(C(=O)N5CCN(C(C)C)CC5)cnc(N)c34)cc2)c1. The van der Waals surface area contributed by atoms with Crippen LogP contribution in [0.2, 0.25) is 0 Å². The van der Waals surface area contributed by atoms with Gasteiger partial charge in [-0.3, -0.25) is 9.69 Å². The lowest BCUT2D eigenvalue weighted by Crippen LogP contribution is -2.50. The Hall–Kier alpha value is -3.95. The number of thiophene rings is 1. The predicted octanol–water partition coefficient (Wildman–Crippen LogP) is 5.66. The maximum Gasteiger partial charge on any atom is 0.323 e. The van der Waals surface area contributed by atoms with Crippen molar-refractivity contribution in [2.45, 2.75) is 26.8 Å². The summed E-state index contributed by atoms with van der Waals surface area (Å²) in [6, 6.07) is 15.4. The van der Waals surface area contributed by atoms with Crippen LogP contribution in [0.15, 0.2) is 60.1 Å². The summed E-state index contributed by atoms with van der Waals surface area (Å²) in [4.78, 5) is 34.5. The van der Waals surface area contributed by atoms with E-state index in [9.17, 15) is 9.59 Å². The summed E-state index contributed by atoms with van der Waals surface area (Å²) in [7, 11) is 0. The van der Waals surface area contributed by atoms with Crippen molar-refractivity contribution < 1.29 is 9.59 Å². The lowest BCUT2D eigenvalue weighted by molar-refractivity contribution is 0.0597. The van der Waals surface area contributed by atoms with Gasteiger partial charge >= 0.3 is 6.03 Å². The number of urea groups is 1. The largest absolute Gasteiger partial charge is 0.383 e. The number of rotatable bonds is 5. The van der Waals surface area contributed by atoms with E-state index in [2.05, 4.69) is 34.4 Å². The molecule has 0 bridgehead atoms. The Morgan fingerprint density at radius 1 is 1.00 bits per heavy atom. The molecule has 4 N–H and O–H groups in total. The minimum Gasteiger partial charge on any atom is -0.383 e. The first kappa shape index (κ1) is 25.7. The van der Waals surface area contributed by atoms with Gasteiger partial charge in [0.15, 0.2) is 0 Å². The molecule has 0 atom stereocenters. The normalized spacial score (nSPS) is 14.2. The van der Waals surface area contributed by atoms with E-state index in [1.54, 1.807) is 6.20 Å². The molecule has 3 amide bonds. The maximum absolute atomic E-state index is 13.4. The molecule has 38 heavy (non-hydrogen) atoms. The molecule has 8 nitrogen and oxygen atoms in total. The zero-order chi connectivity index (χ0) is 26.8. The van der Waals surface area contributed by atoms with E-state index in [-0.39, 0.29) is 11.9 Å². The number of hydrogen-bond acceptors (Lipinski definition) is 6. The molecule has 0 spiro atoms. The maximum atomic E-state index is 13.4. The van der Waals surface area contributed by atoms with Gasteiger partial charge in [0, 0.05) is 60.7 Å².